The van der Waals surface area contributed by atoms with Gasteiger partial charge in [-0.05, 0) is 31.0 Å². The smallest absolute Gasteiger partial charge is 0.335 e. The van der Waals surface area contributed by atoms with Gasteiger partial charge in [-0.15, -0.1) is 5.10 Å². The van der Waals surface area contributed by atoms with Gasteiger partial charge in [0.1, 0.15) is 0 Å². The van der Waals surface area contributed by atoms with Crippen molar-refractivity contribution < 1.29 is 17.6 Å². The van der Waals surface area contributed by atoms with Crippen molar-refractivity contribution >= 4 is 15.7 Å². The Balaban J connectivity index is 1.49. The number of hydrogen-bond donors (Lipinski definition) is 1. The number of carbonyl (C=O) groups is 1. The zero-order chi connectivity index (χ0) is 20.0. The van der Waals surface area contributed by atoms with E-state index < -0.39 is 9.84 Å². The molecule has 1 aromatic heterocycles. The molecule has 0 radical (unpaired) electrons. The Labute approximate surface area is 163 Å². The molecule has 2 aromatic carbocycles. The molecule has 3 aromatic rings. The fourth-order valence-corrected chi connectivity index (χ4v) is 3.71. The van der Waals surface area contributed by atoms with Crippen molar-refractivity contribution in [1.29, 1.82) is 0 Å². The van der Waals surface area contributed by atoms with Crippen LogP contribution in [0.15, 0.2) is 64.2 Å². The molecule has 1 amide bonds. The minimum Gasteiger partial charge on any atom is -0.413 e. The van der Waals surface area contributed by atoms with Gasteiger partial charge < -0.3 is 9.73 Å². The lowest BCUT2D eigenvalue weighted by Crippen LogP contribution is -2.24. The first-order valence-electron chi connectivity index (χ1n) is 8.88. The van der Waals surface area contributed by atoms with E-state index in [4.69, 9.17) is 4.42 Å². The Bertz CT molecular complexity index is 1030. The molecule has 0 fully saturated rings. The fraction of sp³-hybridized carbons (Fsp3) is 0.250. The molecule has 146 valence electrons. The van der Waals surface area contributed by atoms with Crippen LogP contribution < -0.4 is 5.32 Å². The van der Waals surface area contributed by atoms with Crippen molar-refractivity contribution in [3.63, 3.8) is 0 Å². The molecule has 0 atom stereocenters. The lowest BCUT2D eigenvalue weighted by molar-refractivity contribution is 0.0953. The van der Waals surface area contributed by atoms with E-state index in [1.165, 1.54) is 0 Å². The van der Waals surface area contributed by atoms with Gasteiger partial charge in [0.25, 0.3) is 5.91 Å². The van der Waals surface area contributed by atoms with Crippen molar-refractivity contribution in [2.45, 2.75) is 30.7 Å². The molecule has 1 heterocycles. The maximum atomic E-state index is 12.4. The second kappa shape index (κ2) is 8.79. The second-order valence-corrected chi connectivity index (χ2v) is 8.30. The summed E-state index contributed by atoms with van der Waals surface area (Å²) < 4.78 is 30.0. The molecule has 0 aliphatic heterocycles. The topological polar surface area (TPSA) is 102 Å². The van der Waals surface area contributed by atoms with E-state index in [-0.39, 0.29) is 22.8 Å². The summed E-state index contributed by atoms with van der Waals surface area (Å²) in [5, 5.41) is 9.89. The molecule has 0 saturated carbocycles. The molecule has 0 aliphatic carbocycles. The Kier molecular flexibility index (Phi) is 6.20. The van der Waals surface area contributed by atoms with Crippen molar-refractivity contribution in [3.05, 3.63) is 77.2 Å². The van der Waals surface area contributed by atoms with Crippen molar-refractivity contribution in [2.75, 3.05) is 6.54 Å². The van der Waals surface area contributed by atoms with E-state index in [0.29, 0.717) is 30.5 Å². The average Bonchev–Trinajstić information content (AvgIpc) is 3.16. The van der Waals surface area contributed by atoms with E-state index in [2.05, 4.69) is 15.5 Å². The minimum absolute atomic E-state index is 0.156. The third-order valence-electron chi connectivity index (χ3n) is 4.08. The van der Waals surface area contributed by atoms with Gasteiger partial charge in [0.15, 0.2) is 0 Å². The molecule has 0 spiro atoms. The SMILES string of the molecule is Cc1ccc(C(=O)NCCCc2nnc(S(=O)(=O)Cc3ccccc3)o2)cc1. The molecule has 0 bridgehead atoms. The number of hydrogen-bond acceptors (Lipinski definition) is 6. The average molecular weight is 399 g/mol. The molecule has 8 heteroatoms. The lowest BCUT2D eigenvalue weighted by atomic mass is 10.1. The highest BCUT2D eigenvalue weighted by atomic mass is 32.2. The molecular weight excluding hydrogens is 378 g/mol. The minimum atomic E-state index is -3.69. The van der Waals surface area contributed by atoms with Crippen LogP contribution >= 0.6 is 0 Å². The normalized spacial score (nSPS) is 11.3. The van der Waals surface area contributed by atoms with Crippen LogP contribution in [0.25, 0.3) is 0 Å². The van der Waals surface area contributed by atoms with Crippen LogP contribution in [-0.4, -0.2) is 31.1 Å². The summed E-state index contributed by atoms with van der Waals surface area (Å²) >= 11 is 0. The fourth-order valence-electron chi connectivity index (χ4n) is 2.57. The summed E-state index contributed by atoms with van der Waals surface area (Å²) in [6.45, 7) is 2.38. The van der Waals surface area contributed by atoms with Crippen LogP contribution in [0.4, 0.5) is 0 Å². The van der Waals surface area contributed by atoms with E-state index in [1.54, 1.807) is 36.4 Å². The number of carbonyl (C=O) groups excluding carboxylic acids is 1. The van der Waals surface area contributed by atoms with Crippen molar-refractivity contribution in [2.24, 2.45) is 0 Å². The molecular formula is C20H21N3O4S. The maximum Gasteiger partial charge on any atom is 0.335 e. The number of benzene rings is 2. The first kappa shape index (κ1) is 19.8. The van der Waals surface area contributed by atoms with Crippen LogP contribution in [0.3, 0.4) is 0 Å². The number of nitrogens with zero attached hydrogens (tertiary/aromatic N) is 2. The number of aryl methyl sites for hydroxylation is 2. The van der Waals surface area contributed by atoms with Gasteiger partial charge in [0.05, 0.1) is 5.75 Å². The van der Waals surface area contributed by atoms with Gasteiger partial charge in [-0.1, -0.05) is 53.1 Å². The van der Waals surface area contributed by atoms with Crippen LogP contribution in [0.1, 0.15) is 33.8 Å². The highest BCUT2D eigenvalue weighted by Gasteiger charge is 2.22. The predicted molar refractivity (Wildman–Crippen MR) is 103 cm³/mol. The third-order valence-corrected chi connectivity index (χ3v) is 5.49. The number of sulfone groups is 1. The third kappa shape index (κ3) is 5.26. The predicted octanol–water partition coefficient (Wildman–Crippen LogP) is 2.71. The first-order chi connectivity index (χ1) is 13.4. The van der Waals surface area contributed by atoms with Crippen LogP contribution in [-0.2, 0) is 22.0 Å². The van der Waals surface area contributed by atoms with E-state index >= 15 is 0 Å². The Morgan fingerprint density at radius 1 is 1.04 bits per heavy atom. The van der Waals surface area contributed by atoms with Crippen molar-refractivity contribution in [1.82, 2.24) is 15.5 Å². The largest absolute Gasteiger partial charge is 0.413 e. The Hall–Kier alpha value is -3.00. The number of aromatic nitrogens is 2. The zero-order valence-corrected chi connectivity index (χ0v) is 16.3. The number of amides is 1. The van der Waals surface area contributed by atoms with Crippen molar-refractivity contribution in [3.8, 4) is 0 Å². The molecule has 0 aliphatic rings. The zero-order valence-electron chi connectivity index (χ0n) is 15.5. The van der Waals surface area contributed by atoms with E-state index in [0.717, 1.165) is 5.56 Å². The van der Waals surface area contributed by atoms with Gasteiger partial charge in [0.2, 0.25) is 15.7 Å². The molecule has 3 rings (SSSR count). The highest BCUT2D eigenvalue weighted by Crippen LogP contribution is 2.15. The van der Waals surface area contributed by atoms with E-state index in [1.807, 2.05) is 25.1 Å². The molecule has 1 N–H and O–H groups in total. The van der Waals surface area contributed by atoms with Gasteiger partial charge in [0, 0.05) is 18.5 Å². The lowest BCUT2D eigenvalue weighted by Gasteiger charge is -2.04. The van der Waals surface area contributed by atoms with Gasteiger partial charge in [-0.3, -0.25) is 4.79 Å². The molecule has 0 unspecified atom stereocenters. The quantitative estimate of drug-likeness (QED) is 0.584. The monoisotopic (exact) mass is 399 g/mol. The highest BCUT2D eigenvalue weighted by molar-refractivity contribution is 7.90. The van der Waals surface area contributed by atoms with E-state index in [9.17, 15) is 13.2 Å². The summed E-state index contributed by atoms with van der Waals surface area (Å²) in [4.78, 5) is 12.0. The van der Waals surface area contributed by atoms with Gasteiger partial charge in [-0.25, -0.2) is 8.42 Å². The van der Waals surface area contributed by atoms with Crippen LogP contribution in [0.2, 0.25) is 0 Å². The summed E-state index contributed by atoms with van der Waals surface area (Å²) in [5.41, 5.74) is 2.34. The molecule has 0 saturated heterocycles. The molecule has 28 heavy (non-hydrogen) atoms. The summed E-state index contributed by atoms with van der Waals surface area (Å²) in [7, 11) is -3.69. The second-order valence-electron chi connectivity index (χ2n) is 6.43. The summed E-state index contributed by atoms with van der Waals surface area (Å²) in [5.74, 6) is -0.116. The number of rotatable bonds is 8. The van der Waals surface area contributed by atoms with Gasteiger partial charge in [-0.2, -0.15) is 0 Å². The summed E-state index contributed by atoms with van der Waals surface area (Å²) in [6, 6.07) is 16.1. The Morgan fingerprint density at radius 2 is 1.75 bits per heavy atom. The van der Waals surface area contributed by atoms with Crippen LogP contribution in [0, 0.1) is 6.92 Å². The standard InChI is InChI=1S/C20H21N3O4S/c1-15-9-11-17(12-10-15)19(24)21-13-5-8-18-22-23-20(27-18)28(25,26)14-16-6-3-2-4-7-16/h2-4,6-7,9-12H,5,8,13-14H2,1H3,(H,21,24). The van der Waals surface area contributed by atoms with Gasteiger partial charge >= 0.3 is 5.22 Å². The number of nitrogens with one attached hydrogen (secondary N) is 1. The maximum absolute atomic E-state index is 12.4. The summed E-state index contributed by atoms with van der Waals surface area (Å²) in [6.07, 6.45) is 0.931. The first-order valence-corrected chi connectivity index (χ1v) is 10.5. The Morgan fingerprint density at radius 3 is 2.46 bits per heavy atom. The van der Waals surface area contributed by atoms with Crippen LogP contribution in [0.5, 0.6) is 0 Å². The molecule has 7 nitrogen and oxygen atoms in total.